The van der Waals surface area contributed by atoms with Gasteiger partial charge in [0.05, 0.1) is 43.4 Å². The van der Waals surface area contributed by atoms with Crippen molar-refractivity contribution >= 4 is 23.7 Å². The van der Waals surface area contributed by atoms with Crippen LogP contribution in [0, 0.1) is 56.2 Å². The van der Waals surface area contributed by atoms with E-state index in [9.17, 15) is 80.5 Å². The molecular weight excluding hydrogens is 1150 g/mol. The number of ether oxygens (including phenoxy) is 10. The highest BCUT2D eigenvalue weighted by molar-refractivity contribution is 5.98. The largest absolute Gasteiger partial charge is 0.479 e. The number of carbonyl (C=O) groups is 4. The van der Waals surface area contributed by atoms with Gasteiger partial charge in [0.1, 0.15) is 92.1 Å². The van der Waals surface area contributed by atoms with Crippen molar-refractivity contribution in [2.45, 2.75) is 250 Å². The number of allylic oxidation sites excluding steroid dienone is 4. The van der Waals surface area contributed by atoms with Gasteiger partial charge in [-0.05, 0) is 104 Å². The first-order chi connectivity index (χ1) is 40.6. The Bertz CT molecular complexity index is 2590. The van der Waals surface area contributed by atoms with Crippen LogP contribution in [0.2, 0.25) is 0 Å². The highest BCUT2D eigenvalue weighted by Crippen LogP contribution is 2.77. The fourth-order valence-corrected chi connectivity index (χ4v) is 17.7. The molecule has 4 saturated heterocycles. The van der Waals surface area contributed by atoms with Gasteiger partial charge in [0, 0.05) is 19.3 Å². The summed E-state index contributed by atoms with van der Waals surface area (Å²) in [6, 6.07) is 0. The molecule has 4 saturated carbocycles. The van der Waals surface area contributed by atoms with E-state index >= 15 is 0 Å². The molecule has 9 rings (SSSR count). The number of ketones is 1. The van der Waals surface area contributed by atoms with E-state index in [0.29, 0.717) is 44.1 Å². The second-order valence-corrected chi connectivity index (χ2v) is 28.2. The van der Waals surface area contributed by atoms with E-state index in [1.807, 2.05) is 27.7 Å². The van der Waals surface area contributed by atoms with Crippen LogP contribution in [0.4, 0.5) is 0 Å². The number of hydrogen-bond donors (Lipinski definition) is 12. The Kier molecular flexibility index (Phi) is 19.6. The molecule has 0 amide bonds. The van der Waals surface area contributed by atoms with Crippen LogP contribution in [0.5, 0.6) is 0 Å². The molecule has 0 spiro atoms. The number of aliphatic carboxylic acids is 1. The lowest BCUT2D eigenvalue weighted by Gasteiger charge is -2.73. The first-order valence-electron chi connectivity index (χ1n) is 30.6. The summed E-state index contributed by atoms with van der Waals surface area (Å²) in [5.41, 5.74) is -3.10. The van der Waals surface area contributed by atoms with Gasteiger partial charge in [-0.3, -0.25) is 14.4 Å². The lowest BCUT2D eigenvalue weighted by atomic mass is 9.32. The monoisotopic (exact) mass is 1240 g/mol. The minimum atomic E-state index is -2.22. The van der Waals surface area contributed by atoms with E-state index in [4.69, 9.17) is 47.4 Å². The van der Waals surface area contributed by atoms with Crippen molar-refractivity contribution in [3.63, 3.8) is 0 Å². The number of carbonyl (C=O) groups excluding carboxylic acids is 3. The average molecular weight is 1240 g/mol. The minimum absolute atomic E-state index is 0.0236. The van der Waals surface area contributed by atoms with Crippen molar-refractivity contribution < 1.29 is 128 Å². The number of carboxylic acids is 1. The molecule has 494 valence electrons. The van der Waals surface area contributed by atoms with Crippen molar-refractivity contribution in [1.29, 1.82) is 0 Å². The molecule has 0 aromatic carbocycles. The molecular formula is C61H94O26. The third-order valence-corrected chi connectivity index (χ3v) is 22.7. The third kappa shape index (κ3) is 11.5. The number of fused-ring (bicyclic) bond motifs is 7. The molecule has 5 aliphatic carbocycles. The lowest BCUT2D eigenvalue weighted by molar-refractivity contribution is -0.399. The highest BCUT2D eigenvalue weighted by atomic mass is 16.8. The van der Waals surface area contributed by atoms with Gasteiger partial charge in [0.25, 0.3) is 0 Å². The number of esters is 2. The molecule has 4 heterocycles. The highest BCUT2D eigenvalue weighted by Gasteiger charge is 2.74. The summed E-state index contributed by atoms with van der Waals surface area (Å²) in [6.45, 7) is 18.5. The van der Waals surface area contributed by atoms with Crippen LogP contribution >= 0.6 is 0 Å². The maximum atomic E-state index is 15.0. The van der Waals surface area contributed by atoms with Crippen molar-refractivity contribution in [2.75, 3.05) is 26.4 Å². The van der Waals surface area contributed by atoms with Gasteiger partial charge in [-0.2, -0.15) is 0 Å². The van der Waals surface area contributed by atoms with Gasteiger partial charge >= 0.3 is 17.9 Å². The molecule has 4 aliphatic heterocycles. The fourth-order valence-electron chi connectivity index (χ4n) is 17.7. The summed E-state index contributed by atoms with van der Waals surface area (Å²) >= 11 is 0. The third-order valence-electron chi connectivity index (χ3n) is 22.7. The van der Waals surface area contributed by atoms with Crippen molar-refractivity contribution in [3.8, 4) is 0 Å². The fraction of sp³-hybridized carbons (Fsp3) is 0.869. The Morgan fingerprint density at radius 2 is 1.28 bits per heavy atom. The number of aliphatic hydroxyl groups is 11. The first kappa shape index (κ1) is 68.2. The lowest BCUT2D eigenvalue weighted by Crippen LogP contribution is -2.71. The van der Waals surface area contributed by atoms with Crippen molar-refractivity contribution in [2.24, 2.45) is 56.2 Å². The zero-order valence-electron chi connectivity index (χ0n) is 51.4. The molecule has 26 heteroatoms. The van der Waals surface area contributed by atoms with E-state index in [1.165, 1.54) is 13.8 Å². The Balaban J connectivity index is 1.06. The van der Waals surface area contributed by atoms with Crippen LogP contribution in [0.15, 0.2) is 23.3 Å². The molecule has 87 heavy (non-hydrogen) atoms. The van der Waals surface area contributed by atoms with Gasteiger partial charge < -0.3 is 109 Å². The zero-order chi connectivity index (χ0) is 64.2. The molecule has 9 aliphatic rings. The van der Waals surface area contributed by atoms with Gasteiger partial charge in [-0.15, -0.1) is 0 Å². The Morgan fingerprint density at radius 3 is 1.90 bits per heavy atom. The molecule has 29 atom stereocenters. The van der Waals surface area contributed by atoms with E-state index in [-0.39, 0.29) is 30.6 Å². The standard InChI is InChI=1S/C61H94O26/c1-12-25(2)38(68)37-50(81-27(4)64)56(5,6)19-29-28-13-14-34-58(9)17-16-36(57(7,8)33(58)15-18-59(34,10)60(28,11)20-35(67)61(29,37)24-80-26(3)63)83-55-49(87-53-44(74)42(72)41(71)32(21-62)82-53)46(45(75)47(85-55)51(76)77)84-54-48(40(70)31(66)23-79-54)86-52-43(73)39(69)30(65)22-78-52/h12-13,29-37,39-50,52-55,62,65-67,69-75H,14-24H2,1-11H3,(H,76,77)/t29-,30+,31-,32+,33-,34+,35+,36-,37-,39-,40-,41-,42-,43+,44+,45-,46-,47-,48+,49+,50-,52-,53-,54+,55+,58-,59+,60+,61-/m0/s1. The maximum Gasteiger partial charge on any atom is 0.335 e. The van der Waals surface area contributed by atoms with Crippen molar-refractivity contribution in [1.82, 2.24) is 0 Å². The van der Waals surface area contributed by atoms with Crippen LogP contribution in [0.1, 0.15) is 121 Å². The number of rotatable bonds is 15. The molecule has 26 nitrogen and oxygen atoms in total. The summed E-state index contributed by atoms with van der Waals surface area (Å²) < 4.78 is 60.7. The molecule has 8 fully saturated rings. The Hall–Kier alpha value is -3.20. The second-order valence-electron chi connectivity index (χ2n) is 28.2. The summed E-state index contributed by atoms with van der Waals surface area (Å²) in [5, 5.41) is 133. The maximum absolute atomic E-state index is 15.0. The topological polar surface area (TPSA) is 403 Å². The first-order valence-corrected chi connectivity index (χ1v) is 30.6. The molecule has 0 aromatic heterocycles. The smallest absolute Gasteiger partial charge is 0.335 e. The van der Waals surface area contributed by atoms with Gasteiger partial charge in [-0.1, -0.05) is 66.2 Å². The predicted molar refractivity (Wildman–Crippen MR) is 296 cm³/mol. The molecule has 0 unspecified atom stereocenters. The van der Waals surface area contributed by atoms with E-state index in [0.717, 1.165) is 5.57 Å². The van der Waals surface area contributed by atoms with Gasteiger partial charge in [-0.25, -0.2) is 4.79 Å². The van der Waals surface area contributed by atoms with E-state index in [1.54, 1.807) is 19.9 Å². The summed E-state index contributed by atoms with van der Waals surface area (Å²) in [6.07, 6.45) is -29.4. The molecule has 12 N–H and O–H groups in total. The number of Topliss-reactive ketones (excluding diaryl/α,β-unsaturated/α-hetero) is 1. The summed E-state index contributed by atoms with van der Waals surface area (Å²) in [4.78, 5) is 53.9. The Morgan fingerprint density at radius 1 is 0.655 bits per heavy atom. The van der Waals surface area contributed by atoms with E-state index < -0.39 is 211 Å². The molecule has 0 radical (unpaired) electrons. The SMILES string of the molecule is CC=C(C)C(=O)[C@H]1[C@H](OC(C)=O)C(C)(C)C[C@H]2C3=CC[C@@H]4[C@@]5(C)CC[C@H](O[C@@H]6O[C@H](C(=O)O)[C@@H](O)[C@H](O[C@H]7OC[C@H](O)[C@H](O)[C@H]7O[C@@H]7OC[C@@H](O)[C@H](O)[C@H]7O)[C@H]6O[C@@H]6O[C@H](CO)[C@H](O)[C@H](O)[C@H]6O)C(C)(C)[C@@H]5CC[C@@]4(C)[C@]3(C)C[C@@H](O)[C@]21COC(C)=O. The van der Waals surface area contributed by atoms with Crippen molar-refractivity contribution in [3.05, 3.63) is 23.3 Å². The normalized spacial score (nSPS) is 49.6. The summed E-state index contributed by atoms with van der Waals surface area (Å²) in [7, 11) is 0. The minimum Gasteiger partial charge on any atom is -0.479 e. The number of hydrogen-bond acceptors (Lipinski definition) is 25. The quantitative estimate of drug-likeness (QED) is 0.0432. The second kappa shape index (κ2) is 25.0. The van der Waals surface area contributed by atoms with Crippen LogP contribution < -0.4 is 0 Å². The van der Waals surface area contributed by atoms with Gasteiger partial charge in [0.2, 0.25) is 0 Å². The average Bonchev–Trinajstić information content (AvgIpc) is 0.671. The van der Waals surface area contributed by atoms with Crippen LogP contribution in [0.3, 0.4) is 0 Å². The summed E-state index contributed by atoms with van der Waals surface area (Å²) in [5.74, 6) is -4.88. The van der Waals surface area contributed by atoms with Crippen LogP contribution in [0.25, 0.3) is 0 Å². The predicted octanol–water partition coefficient (Wildman–Crippen LogP) is -0.347. The van der Waals surface area contributed by atoms with Gasteiger partial charge in [0.15, 0.2) is 37.0 Å². The molecule has 0 bridgehead atoms. The van der Waals surface area contributed by atoms with Crippen LogP contribution in [-0.4, -0.2) is 240 Å². The van der Waals surface area contributed by atoms with Crippen LogP contribution in [-0.2, 0) is 66.5 Å². The number of aliphatic hydroxyl groups excluding tert-OH is 11. The number of carboxylic acid groups (broad SMARTS) is 1. The van der Waals surface area contributed by atoms with E-state index in [2.05, 4.69) is 26.8 Å². The Labute approximate surface area is 506 Å². The zero-order valence-corrected chi connectivity index (χ0v) is 51.4. The molecule has 0 aromatic rings.